The lowest BCUT2D eigenvalue weighted by atomic mass is 9.66. The Kier molecular flexibility index (Phi) is 18.0. The van der Waals surface area contributed by atoms with Crippen LogP contribution in [0.15, 0.2) is 494 Å². The number of fused-ring (bicyclic) bond motifs is 14. The van der Waals surface area contributed by atoms with E-state index in [9.17, 15) is 0 Å². The summed E-state index contributed by atoms with van der Waals surface area (Å²) in [6.07, 6.45) is 0. The highest BCUT2D eigenvalue weighted by Gasteiger charge is 2.49. The molecule has 4 nitrogen and oxygen atoms in total. The number of anilines is 6. The molecule has 22 aromatic rings. The Morgan fingerprint density at radius 3 is 1.10 bits per heavy atom. The third kappa shape index (κ3) is 12.3. The van der Waals surface area contributed by atoms with E-state index in [1.165, 1.54) is 128 Å². The smallest absolute Gasteiger partial charge is 0.137 e. The molecule has 124 heavy (non-hydrogen) atoms. The van der Waals surface area contributed by atoms with Gasteiger partial charge in [0.05, 0.1) is 21.9 Å². The minimum atomic E-state index is -0.572. The molecule has 1 unspecified atom stereocenters. The van der Waals surface area contributed by atoms with E-state index >= 15 is 0 Å². The molecule has 24 rings (SSSR count). The van der Waals surface area contributed by atoms with Crippen molar-refractivity contribution in [2.24, 2.45) is 0 Å². The Hall–Kier alpha value is -16.1. The molecule has 2 heterocycles. The van der Waals surface area contributed by atoms with E-state index in [0.29, 0.717) is 0 Å². The summed E-state index contributed by atoms with van der Waals surface area (Å²) in [4.78, 5) is 4.70. The lowest BCUT2D eigenvalue weighted by Crippen LogP contribution is -2.28. The van der Waals surface area contributed by atoms with Crippen LogP contribution in [0.5, 0.6) is 0 Å². The number of nitrogens with zero attached hydrogens (tertiary/aromatic N) is 2. The average molecular weight is 1580 g/mol. The van der Waals surface area contributed by atoms with Crippen LogP contribution >= 0.6 is 0 Å². The van der Waals surface area contributed by atoms with Gasteiger partial charge in [0.15, 0.2) is 0 Å². The Labute approximate surface area is 721 Å². The first-order valence-electron chi connectivity index (χ1n) is 42.7. The second-order valence-electron chi connectivity index (χ2n) is 32.4. The second-order valence-corrected chi connectivity index (χ2v) is 32.4. The van der Waals surface area contributed by atoms with Crippen LogP contribution in [0.25, 0.3) is 133 Å². The Morgan fingerprint density at radius 2 is 0.540 bits per heavy atom. The van der Waals surface area contributed by atoms with E-state index in [1.54, 1.807) is 0 Å². The molecule has 0 N–H and O–H groups in total. The number of benzene rings is 20. The maximum Gasteiger partial charge on any atom is 0.137 e. The molecule has 0 amide bonds. The van der Waals surface area contributed by atoms with Gasteiger partial charge in [0.2, 0.25) is 0 Å². The van der Waals surface area contributed by atoms with Gasteiger partial charge in [0.25, 0.3) is 0 Å². The lowest BCUT2D eigenvalue weighted by Gasteiger charge is -2.34. The van der Waals surface area contributed by atoms with Crippen LogP contribution in [0.4, 0.5) is 34.1 Å². The van der Waals surface area contributed by atoms with Gasteiger partial charge >= 0.3 is 0 Å². The van der Waals surface area contributed by atoms with Crippen LogP contribution in [0.1, 0.15) is 44.5 Å². The zero-order valence-corrected chi connectivity index (χ0v) is 67.9. The van der Waals surface area contributed by atoms with Gasteiger partial charge in [-0.1, -0.05) is 388 Å². The predicted octanol–water partition coefficient (Wildman–Crippen LogP) is 32.3. The molecule has 0 saturated carbocycles. The summed E-state index contributed by atoms with van der Waals surface area (Å²) in [5.41, 5.74) is 35.5. The van der Waals surface area contributed by atoms with Crippen molar-refractivity contribution in [3.05, 3.63) is 530 Å². The SMILES string of the molecule is c1ccc(-c2ccc(N(c3ccc(-c4ccccc4)cc3)c3cccc4oc5cc(C6(c7ccccc7)c7ccccc7-c7ccc8ccccc8c76)ccc5c34)cc2)cc1.c1ccc(-c2ccc(N(c3cccc(-c4ccccc4)c3)c3ccc4c(c3)oc3cc(C5(c6cccc(-c7ccccc7)c6)c6ccccc6-c6ccccc65)ccc34)cc2)cc1. The third-order valence-electron chi connectivity index (χ3n) is 25.7. The zero-order valence-electron chi connectivity index (χ0n) is 67.9. The topological polar surface area (TPSA) is 32.8 Å². The summed E-state index contributed by atoms with van der Waals surface area (Å²) in [7, 11) is 0. The Morgan fingerprint density at radius 1 is 0.177 bits per heavy atom. The van der Waals surface area contributed by atoms with E-state index in [2.05, 4.69) is 495 Å². The van der Waals surface area contributed by atoms with Gasteiger partial charge in [0, 0.05) is 50.7 Å². The molecule has 0 bridgehead atoms. The molecular weight excluding hydrogens is 1500 g/mol. The molecule has 20 aromatic carbocycles. The van der Waals surface area contributed by atoms with Crippen LogP contribution in [-0.4, -0.2) is 0 Å². The number of rotatable bonds is 15. The van der Waals surface area contributed by atoms with Crippen LogP contribution < -0.4 is 9.80 Å². The van der Waals surface area contributed by atoms with Gasteiger partial charge < -0.3 is 18.6 Å². The third-order valence-corrected chi connectivity index (χ3v) is 25.7. The molecule has 2 aromatic heterocycles. The van der Waals surface area contributed by atoms with E-state index < -0.39 is 10.8 Å². The first-order valence-corrected chi connectivity index (χ1v) is 42.7. The summed E-state index contributed by atoms with van der Waals surface area (Å²) < 4.78 is 14.0. The Bertz CT molecular complexity index is 7630. The molecule has 582 valence electrons. The standard InChI is InChI=1S/C61H41NO.C59H39NO/c1-4-16-42(17-5-1)45-30-33-50(34-31-45)62(51-25-15-23-47(39-51)44-20-8-3-9-21-44)52-35-37-56-55-36-32-49(40-59(55)63-60(56)41-52)61(48-24-14-22-46(38-48)43-18-6-2-7-19-43)57-28-12-10-26-53(57)54-27-11-13-29-58(54)61;1-4-15-40(16-5-1)42-27-33-47(34-28-42)60(48-35-29-43(30-36-48)41-17-6-2-7-18-41)54-25-14-26-55-57(54)52-38-32-46(39-56(52)61-55)59(45-20-8-3-9-21-45)53-24-13-12-23-50(53)51-37-31-44-19-10-11-22-49(44)58(51)59/h1-41H;1-39H. The van der Waals surface area contributed by atoms with Crippen molar-refractivity contribution in [1.29, 1.82) is 0 Å². The first-order chi connectivity index (χ1) is 61.5. The molecule has 0 aliphatic heterocycles. The predicted molar refractivity (Wildman–Crippen MR) is 516 cm³/mol. The molecule has 0 saturated heterocycles. The monoisotopic (exact) mass is 1580 g/mol. The van der Waals surface area contributed by atoms with Crippen molar-refractivity contribution in [3.63, 3.8) is 0 Å². The van der Waals surface area contributed by atoms with Crippen molar-refractivity contribution in [1.82, 2.24) is 0 Å². The van der Waals surface area contributed by atoms with Crippen LogP contribution in [0.3, 0.4) is 0 Å². The van der Waals surface area contributed by atoms with Crippen LogP contribution in [0.2, 0.25) is 0 Å². The molecular formula is C120H80N2O2. The fraction of sp³-hybridized carbons (Fsp3) is 0.0167. The summed E-state index contributed by atoms with van der Waals surface area (Å²) in [6.45, 7) is 0. The van der Waals surface area contributed by atoms with Crippen LogP contribution in [0, 0.1) is 0 Å². The summed E-state index contributed by atoms with van der Waals surface area (Å²) in [6, 6.07) is 176. The van der Waals surface area contributed by atoms with Crippen molar-refractivity contribution >= 4 is 88.8 Å². The highest BCUT2D eigenvalue weighted by Crippen LogP contribution is 2.61. The number of hydrogen-bond donors (Lipinski definition) is 0. The molecule has 1 atom stereocenters. The molecule has 0 spiro atoms. The van der Waals surface area contributed by atoms with E-state index in [1.807, 2.05) is 0 Å². The fourth-order valence-corrected chi connectivity index (χ4v) is 20.1. The maximum absolute atomic E-state index is 7.01. The molecule has 4 heteroatoms. The van der Waals surface area contributed by atoms with Gasteiger partial charge in [-0.2, -0.15) is 0 Å². The largest absolute Gasteiger partial charge is 0.456 e. The van der Waals surface area contributed by atoms with Gasteiger partial charge in [0.1, 0.15) is 22.3 Å². The molecule has 0 fully saturated rings. The van der Waals surface area contributed by atoms with Crippen LogP contribution in [-0.2, 0) is 10.8 Å². The maximum atomic E-state index is 7.01. The minimum absolute atomic E-state index is 0.567. The molecule has 2 aliphatic carbocycles. The van der Waals surface area contributed by atoms with Gasteiger partial charge in [-0.05, 0) is 224 Å². The van der Waals surface area contributed by atoms with Crippen molar-refractivity contribution in [2.45, 2.75) is 10.8 Å². The van der Waals surface area contributed by atoms with Gasteiger partial charge in [-0.25, -0.2) is 0 Å². The van der Waals surface area contributed by atoms with Gasteiger partial charge in [-0.15, -0.1) is 0 Å². The zero-order chi connectivity index (χ0) is 82.1. The number of hydrogen-bond acceptors (Lipinski definition) is 4. The molecule has 2 aliphatic rings. The van der Waals surface area contributed by atoms with E-state index in [4.69, 9.17) is 8.83 Å². The highest BCUT2D eigenvalue weighted by molar-refractivity contribution is 6.14. The summed E-state index contributed by atoms with van der Waals surface area (Å²) in [5.74, 6) is 0. The normalized spacial score (nSPS) is 13.4. The Balaban J connectivity index is 0.000000143. The van der Waals surface area contributed by atoms with Crippen molar-refractivity contribution < 1.29 is 8.83 Å². The van der Waals surface area contributed by atoms with E-state index in [-0.39, 0.29) is 0 Å². The highest BCUT2D eigenvalue weighted by atomic mass is 16.3. The van der Waals surface area contributed by atoms with Crippen molar-refractivity contribution in [2.75, 3.05) is 9.80 Å². The number of furan rings is 2. The fourth-order valence-electron chi connectivity index (χ4n) is 20.1. The lowest BCUT2D eigenvalue weighted by molar-refractivity contribution is 0.665. The summed E-state index contributed by atoms with van der Waals surface area (Å²) >= 11 is 0. The van der Waals surface area contributed by atoms with E-state index in [0.717, 1.165) is 83.6 Å². The van der Waals surface area contributed by atoms with Crippen molar-refractivity contribution in [3.8, 4) is 77.9 Å². The first kappa shape index (κ1) is 73.0. The molecule has 0 radical (unpaired) electrons. The van der Waals surface area contributed by atoms with Gasteiger partial charge in [-0.3, -0.25) is 0 Å². The minimum Gasteiger partial charge on any atom is -0.456 e. The second kappa shape index (κ2) is 30.6. The quantitative estimate of drug-likeness (QED) is 0.102. The average Bonchev–Trinajstić information content (AvgIpc) is 1.53. The summed E-state index contributed by atoms with van der Waals surface area (Å²) in [5, 5.41) is 6.84.